The topological polar surface area (TPSA) is 64.8 Å². The fraction of sp³-hybridized carbons (Fsp3) is 0.500. The van der Waals surface area contributed by atoms with Crippen molar-refractivity contribution in [3.05, 3.63) is 23.8 Å². The SMILES string of the molecule is CC(C)OCCOc1ccc(C(=O)N(C)C)cc1N. The van der Waals surface area contributed by atoms with Gasteiger partial charge in [-0.05, 0) is 32.0 Å². The van der Waals surface area contributed by atoms with Crippen molar-refractivity contribution in [2.24, 2.45) is 0 Å². The molecule has 0 heterocycles. The zero-order valence-electron chi connectivity index (χ0n) is 12.0. The first-order chi connectivity index (χ1) is 8.91. The molecule has 0 aliphatic rings. The van der Waals surface area contributed by atoms with E-state index < -0.39 is 0 Å². The minimum Gasteiger partial charge on any atom is -0.489 e. The first-order valence-electron chi connectivity index (χ1n) is 6.27. The lowest BCUT2D eigenvalue weighted by Gasteiger charge is -2.13. The third-order valence-corrected chi connectivity index (χ3v) is 2.46. The molecule has 5 heteroatoms. The van der Waals surface area contributed by atoms with Gasteiger partial charge in [-0.3, -0.25) is 4.79 Å². The fourth-order valence-electron chi connectivity index (χ4n) is 1.51. The number of benzene rings is 1. The van der Waals surface area contributed by atoms with E-state index in [4.69, 9.17) is 15.2 Å². The maximum atomic E-state index is 11.8. The quantitative estimate of drug-likeness (QED) is 0.629. The van der Waals surface area contributed by atoms with Crippen molar-refractivity contribution in [3.8, 4) is 5.75 Å². The van der Waals surface area contributed by atoms with Crippen LogP contribution in [0.4, 0.5) is 5.69 Å². The van der Waals surface area contributed by atoms with E-state index >= 15 is 0 Å². The van der Waals surface area contributed by atoms with Gasteiger partial charge >= 0.3 is 0 Å². The lowest BCUT2D eigenvalue weighted by Crippen LogP contribution is -2.21. The van der Waals surface area contributed by atoms with Crippen LogP contribution in [0.1, 0.15) is 24.2 Å². The molecule has 0 unspecified atom stereocenters. The van der Waals surface area contributed by atoms with E-state index in [1.54, 1.807) is 32.3 Å². The Morgan fingerprint density at radius 1 is 1.32 bits per heavy atom. The number of nitrogens with two attached hydrogens (primary N) is 1. The van der Waals surface area contributed by atoms with Crippen LogP contribution >= 0.6 is 0 Å². The van der Waals surface area contributed by atoms with E-state index in [1.165, 1.54) is 4.90 Å². The van der Waals surface area contributed by atoms with Gasteiger partial charge < -0.3 is 20.1 Å². The first-order valence-corrected chi connectivity index (χ1v) is 6.27. The number of amides is 1. The normalized spacial score (nSPS) is 10.6. The largest absolute Gasteiger partial charge is 0.489 e. The predicted molar refractivity (Wildman–Crippen MR) is 75.5 cm³/mol. The molecule has 0 saturated heterocycles. The van der Waals surface area contributed by atoms with Crippen LogP contribution in [0.2, 0.25) is 0 Å². The Bertz CT molecular complexity index is 431. The highest BCUT2D eigenvalue weighted by molar-refractivity contribution is 5.95. The molecule has 2 N–H and O–H groups in total. The molecule has 0 fully saturated rings. The van der Waals surface area contributed by atoms with Gasteiger partial charge in [-0.2, -0.15) is 0 Å². The van der Waals surface area contributed by atoms with E-state index in [0.29, 0.717) is 30.2 Å². The number of nitrogen functional groups attached to an aromatic ring is 1. The maximum absolute atomic E-state index is 11.8. The standard InChI is InChI=1S/C14H22N2O3/c1-10(2)18-7-8-19-13-6-5-11(9-12(13)15)14(17)16(3)4/h5-6,9-10H,7-8,15H2,1-4H3. The van der Waals surface area contributed by atoms with Gasteiger partial charge in [0.15, 0.2) is 0 Å². The predicted octanol–water partition coefficient (Wildman–Crippen LogP) is 1.77. The monoisotopic (exact) mass is 266 g/mol. The van der Waals surface area contributed by atoms with Crippen LogP contribution in [-0.4, -0.2) is 44.2 Å². The van der Waals surface area contributed by atoms with Gasteiger partial charge in [0.1, 0.15) is 12.4 Å². The van der Waals surface area contributed by atoms with Crippen LogP contribution in [0.5, 0.6) is 5.75 Å². The zero-order valence-corrected chi connectivity index (χ0v) is 12.0. The number of hydrogen-bond donors (Lipinski definition) is 1. The van der Waals surface area contributed by atoms with Crippen LogP contribution < -0.4 is 10.5 Å². The smallest absolute Gasteiger partial charge is 0.253 e. The van der Waals surface area contributed by atoms with Gasteiger partial charge in [0, 0.05) is 19.7 Å². The van der Waals surface area contributed by atoms with Crippen molar-refractivity contribution >= 4 is 11.6 Å². The number of anilines is 1. The summed E-state index contributed by atoms with van der Waals surface area (Å²) in [5.41, 5.74) is 6.87. The maximum Gasteiger partial charge on any atom is 0.253 e. The van der Waals surface area contributed by atoms with E-state index in [1.807, 2.05) is 13.8 Å². The highest BCUT2D eigenvalue weighted by Gasteiger charge is 2.10. The van der Waals surface area contributed by atoms with Crippen molar-refractivity contribution in [2.45, 2.75) is 20.0 Å². The van der Waals surface area contributed by atoms with Gasteiger partial charge in [-0.15, -0.1) is 0 Å². The average Bonchev–Trinajstić information content (AvgIpc) is 2.34. The summed E-state index contributed by atoms with van der Waals surface area (Å²) in [4.78, 5) is 13.3. The average molecular weight is 266 g/mol. The molecule has 1 rings (SSSR count). The minimum atomic E-state index is -0.0820. The highest BCUT2D eigenvalue weighted by Crippen LogP contribution is 2.23. The van der Waals surface area contributed by atoms with E-state index in [0.717, 1.165) is 0 Å². The first kappa shape index (κ1) is 15.3. The second kappa shape index (κ2) is 6.99. The second-order valence-corrected chi connectivity index (χ2v) is 4.72. The van der Waals surface area contributed by atoms with Crippen LogP contribution in [0.25, 0.3) is 0 Å². The number of ether oxygens (including phenoxy) is 2. The van der Waals surface area contributed by atoms with Gasteiger partial charge in [-0.1, -0.05) is 0 Å². The molecule has 0 aliphatic heterocycles. The van der Waals surface area contributed by atoms with Crippen LogP contribution in [-0.2, 0) is 4.74 Å². The van der Waals surface area contributed by atoms with Crippen molar-refractivity contribution in [1.29, 1.82) is 0 Å². The van der Waals surface area contributed by atoms with Crippen molar-refractivity contribution < 1.29 is 14.3 Å². The number of hydrogen-bond acceptors (Lipinski definition) is 4. The summed E-state index contributed by atoms with van der Waals surface area (Å²) in [5.74, 6) is 0.490. The number of carbonyl (C=O) groups excluding carboxylic acids is 1. The van der Waals surface area contributed by atoms with E-state index in [2.05, 4.69) is 0 Å². The Morgan fingerprint density at radius 2 is 2.00 bits per heavy atom. The zero-order chi connectivity index (χ0) is 14.4. The molecule has 1 amide bonds. The molecule has 0 spiro atoms. The molecule has 0 radical (unpaired) electrons. The van der Waals surface area contributed by atoms with Crippen molar-refractivity contribution in [2.75, 3.05) is 33.0 Å². The van der Waals surface area contributed by atoms with Crippen molar-refractivity contribution in [3.63, 3.8) is 0 Å². The third kappa shape index (κ3) is 4.79. The van der Waals surface area contributed by atoms with Gasteiger partial charge in [-0.25, -0.2) is 0 Å². The van der Waals surface area contributed by atoms with Crippen LogP contribution in [0.15, 0.2) is 18.2 Å². The molecule has 5 nitrogen and oxygen atoms in total. The Hall–Kier alpha value is -1.75. The molecular formula is C14H22N2O3. The molecule has 0 bridgehead atoms. The highest BCUT2D eigenvalue weighted by atomic mass is 16.5. The summed E-state index contributed by atoms with van der Waals surface area (Å²) in [5, 5.41) is 0. The summed E-state index contributed by atoms with van der Waals surface area (Å²) in [6, 6.07) is 5.04. The summed E-state index contributed by atoms with van der Waals surface area (Å²) < 4.78 is 10.9. The number of carbonyl (C=O) groups is 1. The molecular weight excluding hydrogens is 244 g/mol. The molecule has 1 aromatic rings. The fourth-order valence-corrected chi connectivity index (χ4v) is 1.51. The van der Waals surface area contributed by atoms with Gasteiger partial charge in [0.25, 0.3) is 5.91 Å². The molecule has 106 valence electrons. The molecule has 0 aliphatic carbocycles. The molecule has 19 heavy (non-hydrogen) atoms. The molecule has 1 aromatic carbocycles. The lowest BCUT2D eigenvalue weighted by molar-refractivity contribution is 0.0554. The summed E-state index contributed by atoms with van der Waals surface area (Å²) >= 11 is 0. The Balaban J connectivity index is 2.60. The number of nitrogens with zero attached hydrogens (tertiary/aromatic N) is 1. The van der Waals surface area contributed by atoms with E-state index in [9.17, 15) is 4.79 Å². The summed E-state index contributed by atoms with van der Waals surface area (Å²) in [6.07, 6.45) is 0.182. The van der Waals surface area contributed by atoms with Gasteiger partial charge in [0.05, 0.1) is 18.4 Å². The second-order valence-electron chi connectivity index (χ2n) is 4.72. The minimum absolute atomic E-state index is 0.0820. The Morgan fingerprint density at radius 3 is 2.53 bits per heavy atom. The van der Waals surface area contributed by atoms with Gasteiger partial charge in [0.2, 0.25) is 0 Å². The summed E-state index contributed by atoms with van der Waals surface area (Å²) in [6.45, 7) is 4.88. The summed E-state index contributed by atoms with van der Waals surface area (Å²) in [7, 11) is 3.40. The number of rotatable bonds is 6. The Labute approximate surface area is 114 Å². The Kier molecular flexibility index (Phi) is 5.63. The molecule has 0 saturated carbocycles. The molecule has 0 atom stereocenters. The van der Waals surface area contributed by atoms with Crippen LogP contribution in [0, 0.1) is 0 Å². The molecule has 0 aromatic heterocycles. The van der Waals surface area contributed by atoms with E-state index in [-0.39, 0.29) is 12.0 Å². The van der Waals surface area contributed by atoms with Crippen LogP contribution in [0.3, 0.4) is 0 Å². The third-order valence-electron chi connectivity index (χ3n) is 2.46. The van der Waals surface area contributed by atoms with Crippen molar-refractivity contribution in [1.82, 2.24) is 4.90 Å². The lowest BCUT2D eigenvalue weighted by atomic mass is 10.1.